The number of aromatic nitrogens is 2. The zero-order valence-electron chi connectivity index (χ0n) is 11.4. The molecule has 0 aliphatic rings. The molecule has 5 heteroatoms. The number of pyridine rings is 1. The van der Waals surface area contributed by atoms with Crippen molar-refractivity contribution in [3.8, 4) is 0 Å². The summed E-state index contributed by atoms with van der Waals surface area (Å²) in [5.41, 5.74) is 3.80. The summed E-state index contributed by atoms with van der Waals surface area (Å²) in [6.07, 6.45) is 2.85. The van der Waals surface area contributed by atoms with Gasteiger partial charge in [-0.05, 0) is 30.2 Å². The van der Waals surface area contributed by atoms with Gasteiger partial charge in [-0.3, -0.25) is 10.0 Å². The topological polar surface area (TPSA) is 67.2 Å². The molecular weight excluding hydrogens is 266 g/mol. The lowest BCUT2D eigenvalue weighted by atomic mass is 10.1. The molecule has 0 bridgehead atoms. The summed E-state index contributed by atoms with van der Waals surface area (Å²) in [5.74, 6) is -0.604. The van der Waals surface area contributed by atoms with Crippen LogP contribution < -0.4 is 5.48 Å². The molecule has 1 aromatic carbocycles. The predicted molar refractivity (Wildman–Crippen MR) is 79.1 cm³/mol. The number of hydrogen-bond donors (Lipinski definition) is 2. The molecule has 1 amide bonds. The average molecular weight is 281 g/mol. The standard InChI is InChI=1S/C16H15N3O2/c20-16(18-21)14-7-6-13-9-11-19(15(13)17-14)10-8-12-4-2-1-3-5-12/h1-7,9,11,21H,8,10H2,(H,18,20). The van der Waals surface area contributed by atoms with Gasteiger partial charge in [0.15, 0.2) is 0 Å². The van der Waals surface area contributed by atoms with Crippen LogP contribution in [0, 0.1) is 0 Å². The average Bonchev–Trinajstić information content (AvgIpc) is 2.95. The van der Waals surface area contributed by atoms with Gasteiger partial charge in [-0.15, -0.1) is 0 Å². The summed E-state index contributed by atoms with van der Waals surface area (Å²) >= 11 is 0. The van der Waals surface area contributed by atoms with Crippen LogP contribution >= 0.6 is 0 Å². The third-order valence-electron chi connectivity index (χ3n) is 3.43. The van der Waals surface area contributed by atoms with E-state index in [2.05, 4.69) is 17.1 Å². The zero-order chi connectivity index (χ0) is 14.7. The van der Waals surface area contributed by atoms with Gasteiger partial charge in [-0.1, -0.05) is 30.3 Å². The molecule has 0 atom stereocenters. The van der Waals surface area contributed by atoms with Gasteiger partial charge in [-0.2, -0.15) is 0 Å². The van der Waals surface area contributed by atoms with Gasteiger partial charge < -0.3 is 4.57 Å². The number of nitrogens with zero attached hydrogens (tertiary/aromatic N) is 2. The Balaban J connectivity index is 1.86. The number of nitrogens with one attached hydrogen (secondary N) is 1. The Labute approximate surface area is 121 Å². The lowest BCUT2D eigenvalue weighted by molar-refractivity contribution is 0.0701. The number of carbonyl (C=O) groups is 1. The van der Waals surface area contributed by atoms with Crippen molar-refractivity contribution in [3.05, 3.63) is 66.0 Å². The Morgan fingerprint density at radius 2 is 1.95 bits per heavy atom. The minimum absolute atomic E-state index is 0.199. The maximum atomic E-state index is 11.4. The first-order valence-corrected chi connectivity index (χ1v) is 6.72. The summed E-state index contributed by atoms with van der Waals surface area (Å²) in [7, 11) is 0. The lowest BCUT2D eigenvalue weighted by Gasteiger charge is -2.06. The molecular formula is C16H15N3O2. The fraction of sp³-hybridized carbons (Fsp3) is 0.125. The van der Waals surface area contributed by atoms with Crippen molar-refractivity contribution in [2.24, 2.45) is 0 Å². The largest absolute Gasteiger partial charge is 0.332 e. The molecule has 2 N–H and O–H groups in total. The fourth-order valence-electron chi connectivity index (χ4n) is 2.32. The SMILES string of the molecule is O=C(NO)c1ccc2ccn(CCc3ccccc3)c2n1. The molecule has 21 heavy (non-hydrogen) atoms. The van der Waals surface area contributed by atoms with Gasteiger partial charge in [0.05, 0.1) is 0 Å². The van der Waals surface area contributed by atoms with Crippen molar-refractivity contribution < 1.29 is 10.0 Å². The van der Waals surface area contributed by atoms with E-state index in [1.54, 1.807) is 11.5 Å². The summed E-state index contributed by atoms with van der Waals surface area (Å²) in [6, 6.07) is 15.6. The highest BCUT2D eigenvalue weighted by molar-refractivity contribution is 5.93. The highest BCUT2D eigenvalue weighted by Gasteiger charge is 2.09. The van der Waals surface area contributed by atoms with Crippen LogP contribution in [0.3, 0.4) is 0 Å². The van der Waals surface area contributed by atoms with Gasteiger partial charge in [0.2, 0.25) is 0 Å². The molecule has 5 nitrogen and oxygen atoms in total. The van der Waals surface area contributed by atoms with Crippen molar-refractivity contribution in [1.82, 2.24) is 15.0 Å². The molecule has 0 spiro atoms. The van der Waals surface area contributed by atoms with E-state index < -0.39 is 5.91 Å². The number of benzene rings is 1. The first-order chi connectivity index (χ1) is 10.3. The normalized spacial score (nSPS) is 10.7. The van der Waals surface area contributed by atoms with E-state index in [1.807, 2.05) is 41.1 Å². The molecule has 3 rings (SSSR count). The molecule has 0 saturated carbocycles. The second-order valence-corrected chi connectivity index (χ2v) is 4.79. The molecule has 106 valence electrons. The van der Waals surface area contributed by atoms with Crippen molar-refractivity contribution in [2.75, 3.05) is 0 Å². The quantitative estimate of drug-likeness (QED) is 0.570. The van der Waals surface area contributed by atoms with Crippen molar-refractivity contribution >= 4 is 16.9 Å². The van der Waals surface area contributed by atoms with Crippen LogP contribution in [-0.2, 0) is 13.0 Å². The lowest BCUT2D eigenvalue weighted by Crippen LogP contribution is -2.20. The van der Waals surface area contributed by atoms with Crippen LogP contribution in [0.4, 0.5) is 0 Å². The van der Waals surface area contributed by atoms with Crippen molar-refractivity contribution in [3.63, 3.8) is 0 Å². The van der Waals surface area contributed by atoms with Gasteiger partial charge in [0, 0.05) is 18.1 Å². The van der Waals surface area contributed by atoms with Crippen LogP contribution in [0.25, 0.3) is 11.0 Å². The summed E-state index contributed by atoms with van der Waals surface area (Å²) in [5, 5.41) is 9.66. The smallest absolute Gasteiger partial charge is 0.293 e. The second kappa shape index (κ2) is 5.76. The minimum atomic E-state index is -0.604. The van der Waals surface area contributed by atoms with Crippen LogP contribution in [0.2, 0.25) is 0 Å². The molecule has 0 fully saturated rings. The van der Waals surface area contributed by atoms with E-state index in [4.69, 9.17) is 5.21 Å². The van der Waals surface area contributed by atoms with Crippen LogP contribution in [0.5, 0.6) is 0 Å². The van der Waals surface area contributed by atoms with Gasteiger partial charge >= 0.3 is 0 Å². The van der Waals surface area contributed by atoms with E-state index in [1.165, 1.54) is 5.56 Å². The number of rotatable bonds is 4. The van der Waals surface area contributed by atoms with E-state index in [-0.39, 0.29) is 5.69 Å². The Kier molecular flexibility index (Phi) is 3.66. The highest BCUT2D eigenvalue weighted by atomic mass is 16.5. The van der Waals surface area contributed by atoms with E-state index in [0.29, 0.717) is 0 Å². The van der Waals surface area contributed by atoms with Crippen LogP contribution in [0.1, 0.15) is 16.1 Å². The van der Waals surface area contributed by atoms with Crippen molar-refractivity contribution in [1.29, 1.82) is 0 Å². The third-order valence-corrected chi connectivity index (χ3v) is 3.43. The van der Waals surface area contributed by atoms with E-state index >= 15 is 0 Å². The molecule has 2 heterocycles. The fourth-order valence-corrected chi connectivity index (χ4v) is 2.32. The van der Waals surface area contributed by atoms with Crippen LogP contribution in [-0.4, -0.2) is 20.7 Å². The van der Waals surface area contributed by atoms with E-state index in [9.17, 15) is 4.79 Å². The number of fused-ring (bicyclic) bond motifs is 1. The third kappa shape index (κ3) is 2.78. The Morgan fingerprint density at radius 3 is 2.71 bits per heavy atom. The van der Waals surface area contributed by atoms with Gasteiger partial charge in [-0.25, -0.2) is 10.5 Å². The Morgan fingerprint density at radius 1 is 1.14 bits per heavy atom. The van der Waals surface area contributed by atoms with E-state index in [0.717, 1.165) is 24.0 Å². The molecule has 3 aromatic rings. The molecule has 2 aromatic heterocycles. The minimum Gasteiger partial charge on any atom is -0.332 e. The number of carbonyl (C=O) groups excluding carboxylic acids is 1. The molecule has 0 aliphatic carbocycles. The summed E-state index contributed by atoms with van der Waals surface area (Å²) in [6.45, 7) is 0.782. The first kappa shape index (κ1) is 13.3. The molecule has 0 unspecified atom stereocenters. The Hall–Kier alpha value is -2.66. The molecule has 0 aliphatic heterocycles. The Bertz CT molecular complexity index is 766. The van der Waals surface area contributed by atoms with Crippen LogP contribution in [0.15, 0.2) is 54.7 Å². The maximum absolute atomic E-state index is 11.4. The molecule has 0 radical (unpaired) electrons. The predicted octanol–water partition coefficient (Wildman–Crippen LogP) is 2.40. The number of hydrogen-bond acceptors (Lipinski definition) is 3. The van der Waals surface area contributed by atoms with Gasteiger partial charge in [0.25, 0.3) is 5.91 Å². The first-order valence-electron chi connectivity index (χ1n) is 6.72. The van der Waals surface area contributed by atoms with Gasteiger partial charge in [0.1, 0.15) is 11.3 Å². The summed E-state index contributed by atoms with van der Waals surface area (Å²) in [4.78, 5) is 15.7. The maximum Gasteiger partial charge on any atom is 0.293 e. The highest BCUT2D eigenvalue weighted by Crippen LogP contribution is 2.15. The van der Waals surface area contributed by atoms with Crippen molar-refractivity contribution in [2.45, 2.75) is 13.0 Å². The zero-order valence-corrected chi connectivity index (χ0v) is 11.4. The monoisotopic (exact) mass is 281 g/mol. The second-order valence-electron chi connectivity index (χ2n) is 4.79. The number of aryl methyl sites for hydroxylation is 2. The summed E-state index contributed by atoms with van der Waals surface area (Å²) < 4.78 is 2.01. The number of amides is 1. The molecule has 0 saturated heterocycles. The number of hydroxylamine groups is 1.